The van der Waals surface area contributed by atoms with E-state index < -0.39 is 14.3 Å². The molecule has 0 aliphatic rings. The Hall–Kier alpha value is -5.66. The Bertz CT molecular complexity index is 2400. The van der Waals surface area contributed by atoms with Gasteiger partial charge in [0.05, 0.1) is 0 Å². The van der Waals surface area contributed by atoms with Crippen molar-refractivity contribution in [3.05, 3.63) is 193 Å². The normalized spacial score (nSPS) is 11.9. The molecule has 0 heterocycles. The maximum absolute atomic E-state index is 15.0. The summed E-state index contributed by atoms with van der Waals surface area (Å²) in [6.07, 6.45) is 1.32. The van der Waals surface area contributed by atoms with Gasteiger partial charge in [0.15, 0.2) is 0 Å². The molecule has 0 fully saturated rings. The largest absolute Gasteiger partial charge is 0.507 e. The number of benzene rings is 8. The molecule has 4 nitrogen and oxygen atoms in total. The van der Waals surface area contributed by atoms with Gasteiger partial charge in [0.25, 0.3) is 0 Å². The molecular formula is C48H40O4P2. The Labute approximate surface area is 316 Å². The average molecular weight is 743 g/mol. The third-order valence-corrected chi connectivity index (χ3v) is 16.8. The molecule has 0 saturated carbocycles. The van der Waals surface area contributed by atoms with E-state index in [1.165, 1.54) is 0 Å². The van der Waals surface area contributed by atoms with Crippen LogP contribution in [0.3, 0.4) is 0 Å². The summed E-state index contributed by atoms with van der Waals surface area (Å²) in [6, 6.07) is 58.1. The Balaban J connectivity index is 1.26. The first kappa shape index (κ1) is 35.4. The van der Waals surface area contributed by atoms with E-state index >= 15 is 9.13 Å². The van der Waals surface area contributed by atoms with Crippen LogP contribution in [0.2, 0.25) is 0 Å². The highest BCUT2D eigenvalue weighted by Crippen LogP contribution is 2.51. The number of hydrogen-bond donors (Lipinski definition) is 2. The molecule has 6 heteroatoms. The molecule has 8 aromatic carbocycles. The highest BCUT2D eigenvalue weighted by molar-refractivity contribution is 7.79. The van der Waals surface area contributed by atoms with Crippen LogP contribution >= 0.6 is 14.3 Å². The van der Waals surface area contributed by atoms with Crippen LogP contribution in [0.15, 0.2) is 182 Å². The fourth-order valence-corrected chi connectivity index (χ4v) is 13.1. The van der Waals surface area contributed by atoms with Crippen molar-refractivity contribution in [2.45, 2.75) is 12.8 Å². The topological polar surface area (TPSA) is 74.6 Å². The zero-order chi connectivity index (χ0) is 37.1. The third kappa shape index (κ3) is 6.58. The smallest absolute Gasteiger partial charge is 0.143 e. The predicted molar refractivity (Wildman–Crippen MR) is 227 cm³/mol. The minimum absolute atomic E-state index is 0.0539. The van der Waals surface area contributed by atoms with Gasteiger partial charge >= 0.3 is 0 Å². The lowest BCUT2D eigenvalue weighted by atomic mass is 9.88. The number of hydrogen-bond acceptors (Lipinski definition) is 4. The third-order valence-electron chi connectivity index (χ3n) is 10.5. The summed E-state index contributed by atoms with van der Waals surface area (Å²) in [5.41, 5.74) is 2.37. The van der Waals surface area contributed by atoms with Crippen LogP contribution in [0.1, 0.15) is 11.1 Å². The predicted octanol–water partition coefficient (Wildman–Crippen LogP) is 10.2. The van der Waals surface area contributed by atoms with E-state index in [-0.39, 0.29) is 11.5 Å². The molecule has 0 atom stereocenters. The molecule has 0 radical (unpaired) electrons. The van der Waals surface area contributed by atoms with Crippen molar-refractivity contribution in [1.29, 1.82) is 0 Å². The van der Waals surface area contributed by atoms with E-state index in [0.29, 0.717) is 47.4 Å². The summed E-state index contributed by atoms with van der Waals surface area (Å²) < 4.78 is 30.0. The van der Waals surface area contributed by atoms with Crippen LogP contribution in [0.5, 0.6) is 11.5 Å². The van der Waals surface area contributed by atoms with Crippen LogP contribution in [-0.2, 0) is 22.0 Å². The minimum Gasteiger partial charge on any atom is -0.507 e. The van der Waals surface area contributed by atoms with Gasteiger partial charge in [0.1, 0.15) is 25.8 Å². The fraction of sp³-hybridized carbons (Fsp3) is 0.0833. The van der Waals surface area contributed by atoms with Crippen LogP contribution in [0.25, 0.3) is 32.7 Å². The first-order valence-corrected chi connectivity index (χ1v) is 22.0. The van der Waals surface area contributed by atoms with Crippen LogP contribution in [-0.4, -0.2) is 22.5 Å². The molecule has 54 heavy (non-hydrogen) atoms. The monoisotopic (exact) mass is 742 g/mol. The highest BCUT2D eigenvalue weighted by atomic mass is 31.2. The van der Waals surface area contributed by atoms with Gasteiger partial charge in [-0.25, -0.2) is 0 Å². The van der Waals surface area contributed by atoms with Gasteiger partial charge in [-0.1, -0.05) is 170 Å². The summed E-state index contributed by atoms with van der Waals surface area (Å²) in [7, 11) is -6.15. The maximum atomic E-state index is 15.0. The fourth-order valence-electron chi connectivity index (χ4n) is 7.72. The molecule has 0 spiro atoms. The lowest BCUT2D eigenvalue weighted by Crippen LogP contribution is -2.19. The number of aromatic hydroxyl groups is 2. The molecule has 2 N–H and O–H groups in total. The van der Waals surface area contributed by atoms with Crippen LogP contribution < -0.4 is 21.2 Å². The maximum Gasteiger partial charge on any atom is 0.143 e. The number of phenols is 2. The summed E-state index contributed by atoms with van der Waals surface area (Å²) in [5.74, 6) is 0.108. The molecule has 0 bridgehead atoms. The molecule has 266 valence electrons. The molecule has 0 aliphatic carbocycles. The lowest BCUT2D eigenvalue weighted by molar-refractivity contribution is 0.464. The zero-order valence-corrected chi connectivity index (χ0v) is 31.5. The Morgan fingerprint density at radius 1 is 0.370 bits per heavy atom. The number of fused-ring (bicyclic) bond motifs is 2. The second kappa shape index (κ2) is 15.0. The molecule has 0 unspecified atom stereocenters. The molecular weight excluding hydrogens is 702 g/mol. The van der Waals surface area contributed by atoms with E-state index in [1.54, 1.807) is 0 Å². The SMILES string of the molecule is O=P(CCc1cc2ccccc2c(-c2c(O)c(CCP(=O)(c3ccccc3)c3ccccc3)cc3ccccc23)c1O)(c1ccccc1)c1ccccc1. The number of aryl methyl sites for hydroxylation is 2. The van der Waals surface area contributed by atoms with E-state index in [9.17, 15) is 10.2 Å². The molecule has 8 rings (SSSR count). The first-order chi connectivity index (χ1) is 26.4. The van der Waals surface area contributed by atoms with Gasteiger partial charge in [-0.3, -0.25) is 0 Å². The summed E-state index contributed by atoms with van der Waals surface area (Å²) in [5, 5.41) is 31.2. The minimum atomic E-state index is -3.08. The summed E-state index contributed by atoms with van der Waals surface area (Å²) in [4.78, 5) is 0. The average Bonchev–Trinajstić information content (AvgIpc) is 3.23. The second-order valence-corrected chi connectivity index (χ2v) is 19.6. The molecule has 0 aliphatic heterocycles. The molecule has 0 aromatic heterocycles. The molecule has 8 aromatic rings. The van der Waals surface area contributed by atoms with Crippen LogP contribution in [0.4, 0.5) is 0 Å². The van der Waals surface area contributed by atoms with Crippen molar-refractivity contribution in [2.24, 2.45) is 0 Å². The highest BCUT2D eigenvalue weighted by Gasteiger charge is 2.30. The van der Waals surface area contributed by atoms with Crippen molar-refractivity contribution >= 4 is 57.0 Å². The molecule has 0 saturated heterocycles. The molecule has 0 amide bonds. The van der Waals surface area contributed by atoms with Gasteiger partial charge in [-0.15, -0.1) is 0 Å². The second-order valence-electron chi connectivity index (χ2n) is 13.7. The number of phenolic OH excluding ortho intramolecular Hbond substituents is 2. The van der Waals surface area contributed by atoms with Crippen molar-refractivity contribution in [2.75, 3.05) is 12.3 Å². The lowest BCUT2D eigenvalue weighted by Gasteiger charge is -2.22. The van der Waals surface area contributed by atoms with Gasteiger partial charge in [0, 0.05) is 44.7 Å². The van der Waals surface area contributed by atoms with Crippen molar-refractivity contribution < 1.29 is 19.3 Å². The van der Waals surface area contributed by atoms with Crippen molar-refractivity contribution in [1.82, 2.24) is 0 Å². The summed E-state index contributed by atoms with van der Waals surface area (Å²) >= 11 is 0. The van der Waals surface area contributed by atoms with E-state index in [1.807, 2.05) is 182 Å². The van der Waals surface area contributed by atoms with Crippen LogP contribution in [0, 0.1) is 0 Å². The van der Waals surface area contributed by atoms with E-state index in [4.69, 9.17) is 0 Å². The standard InChI is InChI=1S/C48H40O4P2/c49-47-37(29-31-53(51,39-19-5-1-6-20-39)40-21-7-2-8-22-40)33-35-17-13-15-27-43(35)45(47)46-44-28-16-14-18-36(44)34-38(48(46)50)30-32-54(52,41-23-9-3-10-24-41)42-25-11-4-12-26-42/h1-28,33-34,49-50H,29-32H2. The van der Waals surface area contributed by atoms with Crippen molar-refractivity contribution in [3.63, 3.8) is 0 Å². The Kier molecular flexibility index (Phi) is 9.82. The first-order valence-electron chi connectivity index (χ1n) is 18.2. The van der Waals surface area contributed by atoms with Gasteiger partial charge in [0.2, 0.25) is 0 Å². The Morgan fingerprint density at radius 3 is 0.963 bits per heavy atom. The summed E-state index contributed by atoms with van der Waals surface area (Å²) in [6.45, 7) is 0. The Morgan fingerprint density at radius 2 is 0.648 bits per heavy atom. The van der Waals surface area contributed by atoms with E-state index in [2.05, 4.69) is 0 Å². The zero-order valence-electron chi connectivity index (χ0n) is 29.8. The van der Waals surface area contributed by atoms with E-state index in [0.717, 1.165) is 42.8 Å². The van der Waals surface area contributed by atoms with Crippen molar-refractivity contribution in [3.8, 4) is 22.6 Å². The quantitative estimate of drug-likeness (QED) is 0.129. The number of rotatable bonds is 11. The van der Waals surface area contributed by atoms with Gasteiger partial charge in [-0.05, 0) is 57.6 Å². The van der Waals surface area contributed by atoms with Gasteiger partial charge < -0.3 is 19.3 Å². The van der Waals surface area contributed by atoms with Gasteiger partial charge in [-0.2, -0.15) is 0 Å².